The summed E-state index contributed by atoms with van der Waals surface area (Å²) in [5.41, 5.74) is 6.68. The fourth-order valence-electron chi connectivity index (χ4n) is 2.84. The first kappa shape index (κ1) is 22.2. The van der Waals surface area contributed by atoms with Gasteiger partial charge in [-0.05, 0) is 74.7 Å². The van der Waals surface area contributed by atoms with E-state index in [0.717, 1.165) is 21.6 Å². The standard InChI is InChI=1S/C24H25N3O3S/c1-15-7-5-10-21(17(15)3)30-14-23(28)27-26-18(4)19-8-6-9-20(13-19)25-24(29)22-12-11-16(2)31-22/h5-13H,14H2,1-4H3,(H,25,29)(H,27,28)/b26-18-. The van der Waals surface area contributed by atoms with E-state index in [-0.39, 0.29) is 18.4 Å². The van der Waals surface area contributed by atoms with E-state index in [2.05, 4.69) is 15.8 Å². The molecule has 0 bridgehead atoms. The Morgan fingerprint density at radius 3 is 2.55 bits per heavy atom. The molecule has 3 rings (SSSR count). The van der Waals surface area contributed by atoms with Crippen LogP contribution < -0.4 is 15.5 Å². The zero-order valence-electron chi connectivity index (χ0n) is 18.0. The van der Waals surface area contributed by atoms with Gasteiger partial charge in [-0.25, -0.2) is 5.43 Å². The third-order valence-electron chi connectivity index (χ3n) is 4.76. The number of aryl methyl sites for hydroxylation is 2. The highest BCUT2D eigenvalue weighted by atomic mass is 32.1. The fraction of sp³-hybridized carbons (Fsp3) is 0.208. The normalized spacial score (nSPS) is 11.2. The largest absolute Gasteiger partial charge is 0.483 e. The average molecular weight is 436 g/mol. The van der Waals surface area contributed by atoms with Crippen LogP contribution in [0.3, 0.4) is 0 Å². The zero-order chi connectivity index (χ0) is 22.4. The Balaban J connectivity index is 1.58. The van der Waals surface area contributed by atoms with Gasteiger partial charge < -0.3 is 10.1 Å². The molecule has 2 amide bonds. The van der Waals surface area contributed by atoms with Gasteiger partial charge in [0.2, 0.25) is 0 Å². The van der Waals surface area contributed by atoms with Gasteiger partial charge in [-0.1, -0.05) is 24.3 Å². The van der Waals surface area contributed by atoms with E-state index >= 15 is 0 Å². The van der Waals surface area contributed by atoms with Gasteiger partial charge in [0, 0.05) is 10.6 Å². The topological polar surface area (TPSA) is 79.8 Å². The first-order chi connectivity index (χ1) is 14.8. The quantitative estimate of drug-likeness (QED) is 0.411. The molecule has 160 valence electrons. The molecule has 0 radical (unpaired) electrons. The summed E-state index contributed by atoms with van der Waals surface area (Å²) >= 11 is 1.45. The third kappa shape index (κ3) is 6.02. The number of carbonyl (C=O) groups is 2. The Kier molecular flexibility index (Phi) is 7.20. The van der Waals surface area contributed by atoms with E-state index < -0.39 is 0 Å². The fourth-order valence-corrected chi connectivity index (χ4v) is 3.60. The van der Waals surface area contributed by atoms with Crippen LogP contribution in [-0.4, -0.2) is 24.1 Å². The van der Waals surface area contributed by atoms with Crippen LogP contribution >= 0.6 is 11.3 Å². The van der Waals surface area contributed by atoms with Gasteiger partial charge in [-0.3, -0.25) is 9.59 Å². The number of hydrogen-bond donors (Lipinski definition) is 2. The number of thiophene rings is 1. The number of carbonyl (C=O) groups excluding carboxylic acids is 2. The first-order valence-corrected chi connectivity index (χ1v) is 10.7. The molecule has 0 saturated heterocycles. The molecule has 6 nitrogen and oxygen atoms in total. The maximum atomic E-state index is 12.4. The third-order valence-corrected chi connectivity index (χ3v) is 5.76. The molecule has 31 heavy (non-hydrogen) atoms. The predicted octanol–water partition coefficient (Wildman–Crippen LogP) is 4.84. The Hall–Kier alpha value is -3.45. The summed E-state index contributed by atoms with van der Waals surface area (Å²) in [5.74, 6) is 0.180. The van der Waals surface area contributed by atoms with Crippen LogP contribution in [0.2, 0.25) is 0 Å². The zero-order valence-corrected chi connectivity index (χ0v) is 18.8. The molecule has 0 aliphatic heterocycles. The van der Waals surface area contributed by atoms with Gasteiger partial charge >= 0.3 is 0 Å². The molecule has 0 spiro atoms. The number of ether oxygens (including phenoxy) is 1. The van der Waals surface area contributed by atoms with Crippen LogP contribution in [0.5, 0.6) is 5.75 Å². The molecule has 0 unspecified atom stereocenters. The number of hydrogen-bond acceptors (Lipinski definition) is 5. The van der Waals surface area contributed by atoms with Crippen LogP contribution in [0.1, 0.15) is 38.2 Å². The van der Waals surface area contributed by atoms with Crippen molar-refractivity contribution in [2.45, 2.75) is 27.7 Å². The molecular formula is C24H25N3O3S. The number of anilines is 1. The van der Waals surface area contributed by atoms with Gasteiger partial charge in [0.25, 0.3) is 11.8 Å². The van der Waals surface area contributed by atoms with E-state index in [0.29, 0.717) is 22.0 Å². The van der Waals surface area contributed by atoms with E-state index in [1.165, 1.54) is 11.3 Å². The Morgan fingerprint density at radius 2 is 1.81 bits per heavy atom. The highest BCUT2D eigenvalue weighted by Gasteiger charge is 2.10. The van der Waals surface area contributed by atoms with Crippen molar-refractivity contribution in [1.29, 1.82) is 0 Å². The molecule has 0 aliphatic rings. The summed E-state index contributed by atoms with van der Waals surface area (Å²) in [4.78, 5) is 26.2. The van der Waals surface area contributed by atoms with E-state index in [1.54, 1.807) is 6.92 Å². The van der Waals surface area contributed by atoms with Crippen molar-refractivity contribution in [2.75, 3.05) is 11.9 Å². The lowest BCUT2D eigenvalue weighted by Gasteiger charge is -2.10. The van der Waals surface area contributed by atoms with Crippen molar-refractivity contribution < 1.29 is 14.3 Å². The van der Waals surface area contributed by atoms with Crippen LogP contribution in [0.25, 0.3) is 0 Å². The molecule has 2 N–H and O–H groups in total. The predicted molar refractivity (Wildman–Crippen MR) is 125 cm³/mol. The minimum Gasteiger partial charge on any atom is -0.483 e. The molecule has 7 heteroatoms. The number of benzene rings is 2. The highest BCUT2D eigenvalue weighted by Crippen LogP contribution is 2.20. The van der Waals surface area contributed by atoms with Gasteiger partial charge in [0.05, 0.1) is 10.6 Å². The molecular weight excluding hydrogens is 410 g/mol. The van der Waals surface area contributed by atoms with Gasteiger partial charge in [0.15, 0.2) is 6.61 Å². The summed E-state index contributed by atoms with van der Waals surface area (Å²) in [7, 11) is 0. The lowest BCUT2D eigenvalue weighted by Crippen LogP contribution is -2.25. The Labute approximate surface area is 186 Å². The number of hydrazone groups is 1. The van der Waals surface area contributed by atoms with Crippen molar-refractivity contribution in [3.8, 4) is 5.75 Å². The maximum Gasteiger partial charge on any atom is 0.277 e. The monoisotopic (exact) mass is 435 g/mol. The average Bonchev–Trinajstić information content (AvgIpc) is 3.19. The second kappa shape index (κ2) is 10.0. The summed E-state index contributed by atoms with van der Waals surface area (Å²) in [6.07, 6.45) is 0. The van der Waals surface area contributed by atoms with E-state index in [1.807, 2.05) is 75.4 Å². The van der Waals surface area contributed by atoms with Crippen molar-refractivity contribution >= 4 is 34.6 Å². The van der Waals surface area contributed by atoms with Gasteiger partial charge in [-0.2, -0.15) is 5.10 Å². The number of amides is 2. The molecule has 0 aliphatic carbocycles. The summed E-state index contributed by atoms with van der Waals surface area (Å²) in [5, 5.41) is 7.04. The highest BCUT2D eigenvalue weighted by molar-refractivity contribution is 7.14. The lowest BCUT2D eigenvalue weighted by molar-refractivity contribution is -0.123. The minimum absolute atomic E-state index is 0.128. The summed E-state index contributed by atoms with van der Waals surface area (Å²) < 4.78 is 5.60. The Morgan fingerprint density at radius 1 is 1.03 bits per heavy atom. The molecule has 0 fully saturated rings. The van der Waals surface area contributed by atoms with Crippen molar-refractivity contribution in [2.24, 2.45) is 5.10 Å². The molecule has 3 aromatic rings. The van der Waals surface area contributed by atoms with Gasteiger partial charge in [-0.15, -0.1) is 11.3 Å². The van der Waals surface area contributed by atoms with Gasteiger partial charge in [0.1, 0.15) is 5.75 Å². The smallest absolute Gasteiger partial charge is 0.277 e. The molecule has 0 atom stereocenters. The van der Waals surface area contributed by atoms with Crippen LogP contribution in [0, 0.1) is 20.8 Å². The van der Waals surface area contributed by atoms with E-state index in [4.69, 9.17) is 4.74 Å². The number of nitrogens with zero attached hydrogens (tertiary/aromatic N) is 1. The Bertz CT molecular complexity index is 1130. The van der Waals surface area contributed by atoms with Crippen LogP contribution in [0.15, 0.2) is 59.7 Å². The van der Waals surface area contributed by atoms with Crippen LogP contribution in [0.4, 0.5) is 5.69 Å². The number of nitrogens with one attached hydrogen (secondary N) is 2. The maximum absolute atomic E-state index is 12.4. The number of rotatable bonds is 7. The second-order valence-corrected chi connectivity index (χ2v) is 8.45. The minimum atomic E-state index is -0.349. The molecule has 0 saturated carbocycles. The van der Waals surface area contributed by atoms with Crippen molar-refractivity contribution in [3.63, 3.8) is 0 Å². The second-order valence-electron chi connectivity index (χ2n) is 7.16. The molecule has 1 aromatic heterocycles. The summed E-state index contributed by atoms with van der Waals surface area (Å²) in [6.45, 7) is 7.57. The van der Waals surface area contributed by atoms with Crippen LogP contribution in [-0.2, 0) is 4.79 Å². The SMILES string of the molecule is C/C(=N/NC(=O)COc1cccc(C)c1C)c1cccc(NC(=O)c2ccc(C)s2)c1. The van der Waals surface area contributed by atoms with Crippen molar-refractivity contribution in [3.05, 3.63) is 81.0 Å². The first-order valence-electron chi connectivity index (χ1n) is 9.84. The molecule has 1 heterocycles. The van der Waals surface area contributed by atoms with E-state index in [9.17, 15) is 9.59 Å². The lowest BCUT2D eigenvalue weighted by atomic mass is 10.1. The summed E-state index contributed by atoms with van der Waals surface area (Å²) in [6, 6.07) is 16.8. The molecule has 2 aromatic carbocycles. The van der Waals surface area contributed by atoms with Crippen molar-refractivity contribution in [1.82, 2.24) is 5.43 Å².